The SMILES string of the molecule is C=C(/C=C\C(=C/OCC)c1nc(-c2cc(C)c3oc(C(N)(CO)CO)cc3c2)no1)OCC. The van der Waals surface area contributed by atoms with Crippen LogP contribution in [0.3, 0.4) is 0 Å². The van der Waals surface area contributed by atoms with Gasteiger partial charge in [0.1, 0.15) is 22.6 Å². The average molecular weight is 456 g/mol. The molecule has 0 aliphatic carbocycles. The summed E-state index contributed by atoms with van der Waals surface area (Å²) in [5.41, 5.74) is 7.37. The van der Waals surface area contributed by atoms with Gasteiger partial charge in [-0.3, -0.25) is 0 Å². The van der Waals surface area contributed by atoms with Crippen LogP contribution in [0.25, 0.3) is 27.9 Å². The second kappa shape index (κ2) is 10.5. The Hall–Kier alpha value is -3.40. The number of fused-ring (bicyclic) bond motifs is 1. The van der Waals surface area contributed by atoms with Crippen molar-refractivity contribution in [2.24, 2.45) is 5.73 Å². The minimum atomic E-state index is -1.37. The van der Waals surface area contributed by atoms with Gasteiger partial charge in [-0.15, -0.1) is 0 Å². The molecule has 176 valence electrons. The van der Waals surface area contributed by atoms with Crippen molar-refractivity contribution in [1.29, 1.82) is 0 Å². The third-order valence-electron chi connectivity index (χ3n) is 4.94. The zero-order chi connectivity index (χ0) is 24.0. The van der Waals surface area contributed by atoms with E-state index in [0.717, 1.165) is 10.9 Å². The van der Waals surface area contributed by atoms with E-state index in [0.29, 0.717) is 41.5 Å². The highest BCUT2D eigenvalue weighted by Crippen LogP contribution is 2.32. The van der Waals surface area contributed by atoms with Crippen molar-refractivity contribution >= 4 is 16.5 Å². The van der Waals surface area contributed by atoms with E-state index in [1.165, 1.54) is 6.26 Å². The largest absolute Gasteiger partial charge is 0.501 e. The molecule has 3 aromatic rings. The molecule has 0 unspecified atom stereocenters. The van der Waals surface area contributed by atoms with Gasteiger partial charge in [0.05, 0.1) is 38.3 Å². The van der Waals surface area contributed by atoms with Crippen LogP contribution in [0.5, 0.6) is 0 Å². The van der Waals surface area contributed by atoms with Crippen molar-refractivity contribution in [1.82, 2.24) is 10.1 Å². The van der Waals surface area contributed by atoms with Crippen LogP contribution in [0.15, 0.2) is 57.9 Å². The summed E-state index contributed by atoms with van der Waals surface area (Å²) in [5, 5.41) is 24.0. The number of aliphatic hydroxyl groups is 2. The standard InChI is InChI=1S/C24H29N3O6/c1-5-30-12-17(8-7-16(4)31-6-2)23-26-22(27-33-23)19-9-15(3)21-18(10-19)11-20(32-21)24(25,13-28)14-29/h7-12,28-29H,4-6,13-14,25H2,1-3H3/b8-7-,17-12+. The third-order valence-corrected chi connectivity index (χ3v) is 4.94. The summed E-state index contributed by atoms with van der Waals surface area (Å²) in [6, 6.07) is 5.39. The summed E-state index contributed by atoms with van der Waals surface area (Å²) in [5.74, 6) is 1.43. The molecule has 0 saturated carbocycles. The van der Waals surface area contributed by atoms with Gasteiger partial charge in [0.25, 0.3) is 5.89 Å². The Labute approximate surface area is 191 Å². The fraction of sp³-hybridized carbons (Fsp3) is 0.333. The molecule has 0 spiro atoms. The third kappa shape index (κ3) is 5.33. The van der Waals surface area contributed by atoms with Gasteiger partial charge < -0.3 is 34.4 Å². The van der Waals surface area contributed by atoms with Gasteiger partial charge in [-0.1, -0.05) is 11.7 Å². The zero-order valence-electron chi connectivity index (χ0n) is 19.0. The highest BCUT2D eigenvalue weighted by Gasteiger charge is 2.30. The van der Waals surface area contributed by atoms with Crippen LogP contribution in [0.4, 0.5) is 0 Å². The quantitative estimate of drug-likeness (QED) is 0.293. The van der Waals surface area contributed by atoms with Crippen LogP contribution in [-0.2, 0) is 15.0 Å². The monoisotopic (exact) mass is 455 g/mol. The van der Waals surface area contributed by atoms with Crippen molar-refractivity contribution in [2.75, 3.05) is 26.4 Å². The fourth-order valence-electron chi connectivity index (χ4n) is 3.12. The van der Waals surface area contributed by atoms with Gasteiger partial charge in [0.2, 0.25) is 5.82 Å². The van der Waals surface area contributed by atoms with E-state index in [9.17, 15) is 10.2 Å². The number of ether oxygens (including phenoxy) is 2. The Morgan fingerprint density at radius 2 is 1.94 bits per heavy atom. The predicted molar refractivity (Wildman–Crippen MR) is 124 cm³/mol. The highest BCUT2D eigenvalue weighted by molar-refractivity contribution is 5.86. The first-order chi connectivity index (χ1) is 15.8. The smallest absolute Gasteiger partial charge is 0.261 e. The number of hydrogen-bond acceptors (Lipinski definition) is 9. The number of nitrogens with zero attached hydrogens (tertiary/aromatic N) is 2. The van der Waals surface area contributed by atoms with Crippen molar-refractivity contribution in [2.45, 2.75) is 26.3 Å². The molecule has 2 heterocycles. The van der Waals surface area contributed by atoms with Crippen LogP contribution < -0.4 is 5.73 Å². The van der Waals surface area contributed by atoms with E-state index in [1.807, 2.05) is 32.9 Å². The van der Waals surface area contributed by atoms with Crippen LogP contribution >= 0.6 is 0 Å². The minimum Gasteiger partial charge on any atom is -0.501 e. The number of benzene rings is 1. The molecule has 9 heteroatoms. The fourth-order valence-corrected chi connectivity index (χ4v) is 3.12. The molecule has 0 amide bonds. The molecule has 2 aromatic heterocycles. The number of aromatic nitrogens is 2. The van der Waals surface area contributed by atoms with Gasteiger partial charge in [0.15, 0.2) is 0 Å². The summed E-state index contributed by atoms with van der Waals surface area (Å²) < 4.78 is 22.1. The minimum absolute atomic E-state index is 0.270. The Morgan fingerprint density at radius 3 is 2.61 bits per heavy atom. The predicted octanol–water partition coefficient (Wildman–Crippen LogP) is 3.41. The molecule has 4 N–H and O–H groups in total. The van der Waals surface area contributed by atoms with Crippen molar-refractivity contribution < 1.29 is 28.6 Å². The molecule has 1 aromatic carbocycles. The summed E-state index contributed by atoms with van der Waals surface area (Å²) in [7, 11) is 0. The van der Waals surface area contributed by atoms with Gasteiger partial charge >= 0.3 is 0 Å². The van der Waals surface area contributed by atoms with Gasteiger partial charge in [-0.05, 0) is 56.7 Å². The van der Waals surface area contributed by atoms with Gasteiger partial charge in [0, 0.05) is 10.9 Å². The van der Waals surface area contributed by atoms with Crippen molar-refractivity contribution in [3.8, 4) is 11.4 Å². The van der Waals surface area contributed by atoms with E-state index in [1.54, 1.807) is 18.2 Å². The molecule has 0 aliphatic rings. The molecule has 0 bridgehead atoms. The first kappa shape index (κ1) is 24.2. The van der Waals surface area contributed by atoms with Crippen LogP contribution in [0.1, 0.15) is 31.1 Å². The molecular weight excluding hydrogens is 426 g/mol. The lowest BCUT2D eigenvalue weighted by Crippen LogP contribution is -2.43. The molecule has 0 atom stereocenters. The molecule has 0 radical (unpaired) electrons. The van der Waals surface area contributed by atoms with E-state index < -0.39 is 18.8 Å². The molecule has 0 saturated heterocycles. The number of rotatable bonds is 11. The maximum Gasteiger partial charge on any atom is 0.261 e. The highest BCUT2D eigenvalue weighted by atomic mass is 16.5. The normalized spacial score (nSPS) is 12.6. The Morgan fingerprint density at radius 1 is 1.18 bits per heavy atom. The first-order valence-electron chi connectivity index (χ1n) is 10.6. The molecule has 0 fully saturated rings. The maximum atomic E-state index is 9.58. The number of furan rings is 1. The number of allylic oxidation sites excluding steroid dienone is 3. The maximum absolute atomic E-state index is 9.58. The second-order valence-corrected chi connectivity index (χ2v) is 7.48. The van der Waals surface area contributed by atoms with E-state index in [2.05, 4.69) is 16.7 Å². The van der Waals surface area contributed by atoms with Crippen LogP contribution in [0, 0.1) is 6.92 Å². The van der Waals surface area contributed by atoms with Crippen LogP contribution in [-0.4, -0.2) is 46.8 Å². The lowest BCUT2D eigenvalue weighted by Gasteiger charge is -2.21. The van der Waals surface area contributed by atoms with Crippen molar-refractivity contribution in [3.63, 3.8) is 0 Å². The number of aryl methyl sites for hydroxylation is 1. The number of nitrogens with two attached hydrogens (primary N) is 1. The van der Waals surface area contributed by atoms with Gasteiger partial charge in [-0.25, -0.2) is 0 Å². The van der Waals surface area contributed by atoms with E-state index in [-0.39, 0.29) is 11.7 Å². The molecule has 3 rings (SSSR count). The summed E-state index contributed by atoms with van der Waals surface area (Å²) in [4.78, 5) is 4.51. The Kier molecular flexibility index (Phi) is 7.70. The number of aliphatic hydroxyl groups excluding tert-OH is 2. The lowest BCUT2D eigenvalue weighted by atomic mass is 9.99. The van der Waals surface area contributed by atoms with E-state index in [4.69, 9.17) is 24.1 Å². The second-order valence-electron chi connectivity index (χ2n) is 7.48. The van der Waals surface area contributed by atoms with Crippen LogP contribution in [0.2, 0.25) is 0 Å². The van der Waals surface area contributed by atoms with Crippen molar-refractivity contribution in [3.05, 3.63) is 66.2 Å². The molecule has 9 nitrogen and oxygen atoms in total. The average Bonchev–Trinajstić information content (AvgIpc) is 3.47. The summed E-state index contributed by atoms with van der Waals surface area (Å²) in [6.07, 6.45) is 4.96. The van der Waals surface area contributed by atoms with E-state index >= 15 is 0 Å². The van der Waals surface area contributed by atoms with Gasteiger partial charge in [-0.2, -0.15) is 4.98 Å². The Balaban J connectivity index is 1.96. The topological polar surface area (TPSA) is 137 Å². The Bertz CT molecular complexity index is 1170. The molecule has 33 heavy (non-hydrogen) atoms. The molecule has 0 aliphatic heterocycles. The molecular formula is C24H29N3O6. The summed E-state index contributed by atoms with van der Waals surface area (Å²) >= 11 is 0. The summed E-state index contributed by atoms with van der Waals surface area (Å²) in [6.45, 7) is 9.52. The number of hydrogen-bond donors (Lipinski definition) is 3. The lowest BCUT2D eigenvalue weighted by molar-refractivity contribution is 0.105. The first-order valence-corrected chi connectivity index (χ1v) is 10.6. The zero-order valence-corrected chi connectivity index (χ0v) is 19.0.